The molecule has 1 aromatic heterocycles. The first kappa shape index (κ1) is 15.7. The van der Waals surface area contributed by atoms with Crippen LogP contribution in [0.1, 0.15) is 57.3 Å². The molecule has 2 heterocycles. The normalized spacial score (nSPS) is 18.7. The molecule has 2 aromatic rings. The average molecular weight is 313 g/mol. The number of aryl methyl sites for hydroxylation is 1. The van der Waals surface area contributed by atoms with E-state index in [1.807, 2.05) is 37.8 Å². The summed E-state index contributed by atoms with van der Waals surface area (Å²) in [6, 6.07) is 8.15. The Balaban J connectivity index is 1.77. The van der Waals surface area contributed by atoms with Gasteiger partial charge >= 0.3 is 0 Å². The minimum absolute atomic E-state index is 0.0306. The Hall–Kier alpha value is -2.17. The van der Waals surface area contributed by atoms with Crippen LogP contribution >= 0.6 is 0 Å². The van der Waals surface area contributed by atoms with Gasteiger partial charge in [0, 0.05) is 24.1 Å². The van der Waals surface area contributed by atoms with Crippen molar-refractivity contribution in [2.45, 2.75) is 51.9 Å². The van der Waals surface area contributed by atoms with Crippen molar-refractivity contribution < 1.29 is 9.32 Å². The zero-order valence-electron chi connectivity index (χ0n) is 14.2. The number of hydrogen-bond donors (Lipinski definition) is 0. The van der Waals surface area contributed by atoms with E-state index in [0.717, 1.165) is 12.1 Å². The van der Waals surface area contributed by atoms with Crippen molar-refractivity contribution in [3.05, 3.63) is 41.5 Å². The van der Waals surface area contributed by atoms with Gasteiger partial charge in [-0.2, -0.15) is 4.98 Å². The van der Waals surface area contributed by atoms with E-state index in [2.05, 4.69) is 29.2 Å². The van der Waals surface area contributed by atoms with Crippen LogP contribution in [0.2, 0.25) is 0 Å². The van der Waals surface area contributed by atoms with Crippen molar-refractivity contribution in [3.63, 3.8) is 0 Å². The quantitative estimate of drug-likeness (QED) is 0.871. The van der Waals surface area contributed by atoms with E-state index in [1.165, 1.54) is 5.56 Å². The molecular formula is C18H23N3O2. The molecule has 1 aromatic carbocycles. The smallest absolute Gasteiger partial charge is 0.232 e. The molecule has 0 saturated carbocycles. The molecule has 23 heavy (non-hydrogen) atoms. The Labute approximate surface area is 136 Å². The molecule has 0 spiro atoms. The summed E-state index contributed by atoms with van der Waals surface area (Å²) in [5.74, 6) is 1.33. The van der Waals surface area contributed by atoms with Gasteiger partial charge in [0.2, 0.25) is 11.8 Å². The van der Waals surface area contributed by atoms with Gasteiger partial charge in [0.1, 0.15) is 0 Å². The third-order valence-electron chi connectivity index (χ3n) is 4.24. The van der Waals surface area contributed by atoms with Gasteiger partial charge in [0.25, 0.3) is 0 Å². The number of hydrogen-bond acceptors (Lipinski definition) is 4. The van der Waals surface area contributed by atoms with Crippen molar-refractivity contribution in [1.29, 1.82) is 0 Å². The second-order valence-electron chi connectivity index (χ2n) is 7.13. The second-order valence-corrected chi connectivity index (χ2v) is 7.13. The highest BCUT2D eigenvalue weighted by Crippen LogP contribution is 2.32. The summed E-state index contributed by atoms with van der Waals surface area (Å²) >= 11 is 0. The van der Waals surface area contributed by atoms with Gasteiger partial charge in [-0.3, -0.25) is 4.79 Å². The summed E-state index contributed by atoms with van der Waals surface area (Å²) in [6.07, 6.45) is 1.41. The molecule has 1 unspecified atom stereocenters. The van der Waals surface area contributed by atoms with Crippen molar-refractivity contribution in [2.75, 3.05) is 11.4 Å². The lowest BCUT2D eigenvalue weighted by Gasteiger charge is -2.16. The molecule has 1 aliphatic heterocycles. The van der Waals surface area contributed by atoms with Gasteiger partial charge in [0.15, 0.2) is 5.82 Å². The number of carbonyl (C=O) groups excluding carboxylic acids is 1. The van der Waals surface area contributed by atoms with Crippen molar-refractivity contribution in [1.82, 2.24) is 10.1 Å². The van der Waals surface area contributed by atoms with E-state index in [1.54, 1.807) is 0 Å². The fourth-order valence-electron chi connectivity index (χ4n) is 2.74. The van der Waals surface area contributed by atoms with Crippen molar-refractivity contribution in [3.8, 4) is 0 Å². The summed E-state index contributed by atoms with van der Waals surface area (Å²) in [7, 11) is 0. The lowest BCUT2D eigenvalue weighted by molar-refractivity contribution is -0.117. The zero-order valence-corrected chi connectivity index (χ0v) is 14.2. The molecule has 0 N–H and O–H groups in total. The molecule has 1 amide bonds. The molecule has 1 aliphatic rings. The lowest BCUT2D eigenvalue weighted by Crippen LogP contribution is -2.24. The van der Waals surface area contributed by atoms with Crippen LogP contribution < -0.4 is 4.90 Å². The van der Waals surface area contributed by atoms with Gasteiger partial charge in [-0.15, -0.1) is 0 Å². The first-order valence-electron chi connectivity index (χ1n) is 8.12. The third-order valence-corrected chi connectivity index (χ3v) is 4.24. The van der Waals surface area contributed by atoms with Gasteiger partial charge in [-0.05, 0) is 24.1 Å². The summed E-state index contributed by atoms with van der Waals surface area (Å²) < 4.78 is 5.40. The first-order chi connectivity index (χ1) is 10.9. The van der Waals surface area contributed by atoms with Gasteiger partial charge < -0.3 is 9.42 Å². The summed E-state index contributed by atoms with van der Waals surface area (Å²) in [6.45, 7) is 8.85. The molecule has 1 fully saturated rings. The topological polar surface area (TPSA) is 59.2 Å². The Morgan fingerprint density at radius 2 is 1.96 bits per heavy atom. The van der Waals surface area contributed by atoms with Gasteiger partial charge in [-0.1, -0.05) is 45.0 Å². The number of carbonyl (C=O) groups is 1. The lowest BCUT2D eigenvalue weighted by atomic mass is 9.96. The van der Waals surface area contributed by atoms with Gasteiger partial charge in [0.05, 0.1) is 5.92 Å². The van der Waals surface area contributed by atoms with Crippen molar-refractivity contribution >= 4 is 11.6 Å². The maximum atomic E-state index is 12.4. The monoisotopic (exact) mass is 313 g/mol. The number of amides is 1. The first-order valence-corrected chi connectivity index (χ1v) is 8.12. The minimum Gasteiger partial charge on any atom is -0.339 e. The molecule has 122 valence electrons. The molecule has 1 atom stereocenters. The Morgan fingerprint density at radius 1 is 1.26 bits per heavy atom. The van der Waals surface area contributed by atoms with Crippen LogP contribution in [0.3, 0.4) is 0 Å². The Bertz CT molecular complexity index is 698. The molecule has 0 bridgehead atoms. The van der Waals surface area contributed by atoms with Crippen LogP contribution in [0, 0.1) is 0 Å². The highest BCUT2D eigenvalue weighted by molar-refractivity contribution is 5.96. The second kappa shape index (κ2) is 5.80. The maximum Gasteiger partial charge on any atom is 0.232 e. The maximum absolute atomic E-state index is 12.4. The van der Waals surface area contributed by atoms with Crippen molar-refractivity contribution in [2.24, 2.45) is 0 Å². The Morgan fingerprint density at radius 3 is 2.52 bits per heavy atom. The van der Waals surface area contributed by atoms with Crippen LogP contribution in [-0.4, -0.2) is 22.6 Å². The van der Waals surface area contributed by atoms with Gasteiger partial charge in [-0.25, -0.2) is 0 Å². The predicted octanol–water partition coefficient (Wildman–Crippen LogP) is 3.45. The van der Waals surface area contributed by atoms with Crippen LogP contribution in [0.15, 0.2) is 28.8 Å². The molecule has 0 aliphatic carbocycles. The van der Waals surface area contributed by atoms with Crippen LogP contribution in [0.4, 0.5) is 5.69 Å². The van der Waals surface area contributed by atoms with Crippen LogP contribution in [0.5, 0.6) is 0 Å². The molecular weight excluding hydrogens is 290 g/mol. The fourth-order valence-corrected chi connectivity index (χ4v) is 2.74. The fraction of sp³-hybridized carbons (Fsp3) is 0.500. The number of benzene rings is 1. The van der Waals surface area contributed by atoms with E-state index in [0.29, 0.717) is 24.7 Å². The largest absolute Gasteiger partial charge is 0.339 e. The molecule has 1 saturated heterocycles. The zero-order chi connectivity index (χ0) is 16.6. The van der Waals surface area contributed by atoms with E-state index < -0.39 is 0 Å². The summed E-state index contributed by atoms with van der Waals surface area (Å²) in [5.41, 5.74) is 2.05. The molecule has 5 heteroatoms. The molecule has 0 radical (unpaired) electrons. The summed E-state index contributed by atoms with van der Waals surface area (Å²) in [5, 5.41) is 4.06. The predicted molar refractivity (Wildman–Crippen MR) is 88.5 cm³/mol. The van der Waals surface area contributed by atoms with E-state index in [4.69, 9.17) is 4.52 Å². The number of anilines is 1. The summed E-state index contributed by atoms with van der Waals surface area (Å²) in [4.78, 5) is 18.7. The minimum atomic E-state index is -0.153. The molecule has 3 rings (SSSR count). The number of rotatable bonds is 3. The standard InChI is InChI=1S/C18H23N3O2/c1-5-12-6-8-14(9-7-12)21-11-13(10-15(21)22)16-19-17(20-23-16)18(2,3)4/h6-9,13H,5,10-11H2,1-4H3. The average Bonchev–Trinajstić information content (AvgIpc) is 3.13. The Kier molecular flexibility index (Phi) is 3.96. The highest BCUT2D eigenvalue weighted by Gasteiger charge is 2.35. The van der Waals surface area contributed by atoms with E-state index in [9.17, 15) is 4.79 Å². The SMILES string of the molecule is CCc1ccc(N2CC(c3nc(C(C)(C)C)no3)CC2=O)cc1. The highest BCUT2D eigenvalue weighted by atomic mass is 16.5. The molecule has 5 nitrogen and oxygen atoms in total. The van der Waals surface area contributed by atoms with E-state index >= 15 is 0 Å². The van der Waals surface area contributed by atoms with Crippen LogP contribution in [0.25, 0.3) is 0 Å². The number of nitrogens with zero attached hydrogens (tertiary/aromatic N) is 3. The number of aromatic nitrogens is 2. The third kappa shape index (κ3) is 3.14. The van der Waals surface area contributed by atoms with E-state index in [-0.39, 0.29) is 17.2 Å². The van der Waals surface area contributed by atoms with Crippen LogP contribution in [-0.2, 0) is 16.6 Å².